The molecule has 31 heavy (non-hydrogen) atoms. The Morgan fingerprint density at radius 1 is 1.06 bits per heavy atom. The number of halogens is 3. The lowest BCUT2D eigenvalue weighted by molar-refractivity contribution is 0.100. The number of rotatable bonds is 4. The molecule has 0 spiro atoms. The summed E-state index contributed by atoms with van der Waals surface area (Å²) in [5, 5.41) is -0.230. The molecular formula is C24H23ClF2N2O2. The van der Waals surface area contributed by atoms with Crippen LogP contribution in [0.3, 0.4) is 0 Å². The summed E-state index contributed by atoms with van der Waals surface area (Å²) in [5.41, 5.74) is 12.5. The Kier molecular flexibility index (Phi) is 6.93. The molecule has 0 heterocycles. The molecule has 0 radical (unpaired) electrons. The molecule has 0 bridgehead atoms. The second-order valence-corrected chi connectivity index (χ2v) is 7.45. The van der Waals surface area contributed by atoms with Gasteiger partial charge in [-0.25, -0.2) is 8.78 Å². The van der Waals surface area contributed by atoms with Gasteiger partial charge < -0.3 is 16.2 Å². The maximum atomic E-state index is 15.3. The molecule has 3 aromatic carbocycles. The average molecular weight is 445 g/mol. The van der Waals surface area contributed by atoms with E-state index in [4.69, 9.17) is 22.1 Å². The fraction of sp³-hybridized carbons (Fsp3) is 0.208. The quantitative estimate of drug-likeness (QED) is 0.603. The Morgan fingerprint density at radius 2 is 1.74 bits per heavy atom. The summed E-state index contributed by atoms with van der Waals surface area (Å²) in [5.74, 6) is -2.24. The number of amides is 1. The number of ether oxygens (including phenoxy) is 1. The van der Waals surface area contributed by atoms with Crippen molar-refractivity contribution in [3.05, 3.63) is 87.4 Å². The molecular weight excluding hydrogens is 422 g/mol. The third-order valence-corrected chi connectivity index (χ3v) is 5.82. The van der Waals surface area contributed by atoms with E-state index in [1.54, 1.807) is 0 Å². The van der Waals surface area contributed by atoms with Crippen molar-refractivity contribution in [2.45, 2.75) is 18.8 Å². The molecule has 1 aliphatic rings. The molecule has 4 nitrogen and oxygen atoms in total. The Balaban J connectivity index is 0.00000132. The van der Waals surface area contributed by atoms with Gasteiger partial charge in [0.1, 0.15) is 5.82 Å². The fourth-order valence-corrected chi connectivity index (χ4v) is 4.36. The SMILES string of the molecule is CN.COc1ccc(C(N)=O)c(-c2c(Cl)c(F)cc3c2CC(c2ccccc2)C3)c1F. The number of fused-ring (bicyclic) bond motifs is 1. The number of carbonyl (C=O) groups excluding carboxylic acids is 1. The van der Waals surface area contributed by atoms with Crippen molar-refractivity contribution in [3.63, 3.8) is 0 Å². The third kappa shape index (κ3) is 4.13. The van der Waals surface area contributed by atoms with Crippen molar-refractivity contribution in [2.24, 2.45) is 11.5 Å². The molecule has 162 valence electrons. The maximum absolute atomic E-state index is 15.3. The Bertz CT molecular complexity index is 1120. The van der Waals surface area contributed by atoms with Crippen molar-refractivity contribution in [1.29, 1.82) is 0 Å². The minimum absolute atomic E-state index is 0.0684. The molecule has 1 atom stereocenters. The lowest BCUT2D eigenvalue weighted by atomic mass is 9.91. The summed E-state index contributed by atoms with van der Waals surface area (Å²) >= 11 is 6.31. The van der Waals surface area contributed by atoms with Crippen LogP contribution < -0.4 is 16.2 Å². The predicted octanol–water partition coefficient (Wildman–Crippen LogP) is 4.85. The molecule has 4 N–H and O–H groups in total. The first-order chi connectivity index (χ1) is 14.9. The highest BCUT2D eigenvalue weighted by Crippen LogP contribution is 2.46. The van der Waals surface area contributed by atoms with Crippen LogP contribution in [0.1, 0.15) is 33.0 Å². The van der Waals surface area contributed by atoms with Gasteiger partial charge in [-0.15, -0.1) is 0 Å². The zero-order valence-electron chi connectivity index (χ0n) is 17.2. The first-order valence-corrected chi connectivity index (χ1v) is 10.1. The van der Waals surface area contributed by atoms with Crippen LogP contribution in [-0.4, -0.2) is 20.1 Å². The van der Waals surface area contributed by atoms with Crippen LogP contribution in [0.5, 0.6) is 5.75 Å². The number of benzene rings is 3. The molecule has 0 saturated heterocycles. The second-order valence-electron chi connectivity index (χ2n) is 7.07. The molecule has 0 aromatic heterocycles. The summed E-state index contributed by atoms with van der Waals surface area (Å²) < 4.78 is 35.0. The lowest BCUT2D eigenvalue weighted by Gasteiger charge is -2.17. The van der Waals surface area contributed by atoms with Gasteiger partial charge in [0.25, 0.3) is 0 Å². The first-order valence-electron chi connectivity index (χ1n) is 9.71. The Labute approximate surface area is 184 Å². The van der Waals surface area contributed by atoms with Crippen molar-refractivity contribution >= 4 is 17.5 Å². The third-order valence-electron chi connectivity index (χ3n) is 5.45. The molecule has 0 fully saturated rings. The molecule has 1 aliphatic carbocycles. The van der Waals surface area contributed by atoms with Crippen LogP contribution in [-0.2, 0) is 12.8 Å². The number of nitrogens with two attached hydrogens (primary N) is 2. The van der Waals surface area contributed by atoms with Gasteiger partial charge in [0.15, 0.2) is 11.6 Å². The van der Waals surface area contributed by atoms with Gasteiger partial charge in [0.2, 0.25) is 5.91 Å². The maximum Gasteiger partial charge on any atom is 0.249 e. The molecule has 1 unspecified atom stereocenters. The van der Waals surface area contributed by atoms with Crippen LogP contribution in [0.15, 0.2) is 48.5 Å². The summed E-state index contributed by atoms with van der Waals surface area (Å²) in [6, 6.07) is 13.9. The fourth-order valence-electron chi connectivity index (χ4n) is 4.10. The highest BCUT2D eigenvalue weighted by molar-refractivity contribution is 6.34. The van der Waals surface area contributed by atoms with E-state index < -0.39 is 17.5 Å². The van der Waals surface area contributed by atoms with Crippen molar-refractivity contribution in [1.82, 2.24) is 0 Å². The van der Waals surface area contributed by atoms with Gasteiger partial charge >= 0.3 is 0 Å². The largest absolute Gasteiger partial charge is 0.494 e. The lowest BCUT2D eigenvalue weighted by Crippen LogP contribution is -2.14. The smallest absolute Gasteiger partial charge is 0.249 e. The topological polar surface area (TPSA) is 78.3 Å². The van der Waals surface area contributed by atoms with Crippen LogP contribution >= 0.6 is 11.6 Å². The second kappa shape index (κ2) is 9.45. The van der Waals surface area contributed by atoms with E-state index in [9.17, 15) is 9.18 Å². The van der Waals surface area contributed by atoms with Gasteiger partial charge in [0, 0.05) is 11.1 Å². The van der Waals surface area contributed by atoms with E-state index in [-0.39, 0.29) is 33.4 Å². The zero-order chi connectivity index (χ0) is 22.7. The summed E-state index contributed by atoms with van der Waals surface area (Å²) in [6.07, 6.45) is 1.14. The highest BCUT2D eigenvalue weighted by Gasteiger charge is 2.32. The summed E-state index contributed by atoms with van der Waals surface area (Å²) in [6.45, 7) is 0. The van der Waals surface area contributed by atoms with Gasteiger partial charge in [-0.05, 0) is 60.7 Å². The van der Waals surface area contributed by atoms with E-state index in [0.29, 0.717) is 12.8 Å². The van der Waals surface area contributed by atoms with Crippen LogP contribution in [0.25, 0.3) is 11.1 Å². The van der Waals surface area contributed by atoms with Crippen LogP contribution in [0, 0.1) is 11.6 Å². The normalized spacial score (nSPS) is 14.5. The average Bonchev–Trinajstić information content (AvgIpc) is 3.20. The first kappa shape index (κ1) is 22.7. The van der Waals surface area contributed by atoms with E-state index >= 15 is 4.39 Å². The monoisotopic (exact) mass is 444 g/mol. The number of carbonyl (C=O) groups is 1. The van der Waals surface area contributed by atoms with Gasteiger partial charge in [-0.2, -0.15) is 0 Å². The van der Waals surface area contributed by atoms with E-state index in [2.05, 4.69) is 5.73 Å². The molecule has 4 rings (SSSR count). The molecule has 1 amide bonds. The van der Waals surface area contributed by atoms with Crippen molar-refractivity contribution in [3.8, 4) is 16.9 Å². The number of hydrogen-bond donors (Lipinski definition) is 2. The van der Waals surface area contributed by atoms with E-state index in [1.807, 2.05) is 30.3 Å². The van der Waals surface area contributed by atoms with Crippen LogP contribution in [0.4, 0.5) is 8.78 Å². The van der Waals surface area contributed by atoms with Gasteiger partial charge in [-0.3, -0.25) is 4.79 Å². The molecule has 7 heteroatoms. The minimum Gasteiger partial charge on any atom is -0.494 e. The van der Waals surface area contributed by atoms with E-state index in [1.165, 1.54) is 32.4 Å². The van der Waals surface area contributed by atoms with Gasteiger partial charge in [-0.1, -0.05) is 41.9 Å². The highest BCUT2D eigenvalue weighted by atomic mass is 35.5. The minimum atomic E-state index is -0.826. The Hall–Kier alpha value is -2.96. The van der Waals surface area contributed by atoms with Crippen molar-refractivity contribution < 1.29 is 18.3 Å². The van der Waals surface area contributed by atoms with Crippen molar-refractivity contribution in [2.75, 3.05) is 14.2 Å². The van der Waals surface area contributed by atoms with Gasteiger partial charge in [0.05, 0.1) is 17.7 Å². The summed E-state index contributed by atoms with van der Waals surface area (Å²) in [4.78, 5) is 12.0. The number of methoxy groups -OCH3 is 1. The molecule has 3 aromatic rings. The zero-order valence-corrected chi connectivity index (χ0v) is 18.0. The van der Waals surface area contributed by atoms with E-state index in [0.717, 1.165) is 16.7 Å². The number of primary amides is 1. The summed E-state index contributed by atoms with van der Waals surface area (Å²) in [7, 11) is 2.81. The Morgan fingerprint density at radius 3 is 2.35 bits per heavy atom. The predicted molar refractivity (Wildman–Crippen MR) is 119 cm³/mol. The molecule has 0 aliphatic heterocycles. The number of hydrogen-bond acceptors (Lipinski definition) is 3. The standard InChI is InChI=1S/C23H18ClF2NO2.CH5N/c1-29-18-8-7-15(23(27)28)20(22(18)26)19-16-10-13(12-5-3-2-4-6-12)9-14(16)11-17(25)21(19)24;1-2/h2-8,11,13H,9-10H2,1H3,(H2,27,28);2H2,1H3. The van der Waals surface area contributed by atoms with Crippen LogP contribution in [0.2, 0.25) is 5.02 Å². The molecule has 0 saturated carbocycles.